The third-order valence-corrected chi connectivity index (χ3v) is 2.84. The molecule has 0 fully saturated rings. The van der Waals surface area contributed by atoms with Crippen molar-refractivity contribution in [1.82, 2.24) is 0 Å². The largest absolute Gasteiger partial charge is 0.487 e. The van der Waals surface area contributed by atoms with E-state index < -0.39 is 0 Å². The molecule has 2 heterocycles. The highest BCUT2D eigenvalue weighted by Gasteiger charge is 2.36. The van der Waals surface area contributed by atoms with Crippen LogP contribution in [0.2, 0.25) is 0 Å². The van der Waals surface area contributed by atoms with Gasteiger partial charge in [0.05, 0.1) is 13.1 Å². The van der Waals surface area contributed by atoms with Gasteiger partial charge in [-0.1, -0.05) is 35.8 Å². The fraction of sp³-hybridized carbons (Fsp3) is 0.333. The highest BCUT2D eigenvalue weighted by Crippen LogP contribution is 2.06. The van der Waals surface area contributed by atoms with Crippen LogP contribution in [0.3, 0.4) is 0 Å². The lowest BCUT2D eigenvalue weighted by atomic mass is 9.44. The zero-order valence-corrected chi connectivity index (χ0v) is 9.50. The van der Waals surface area contributed by atoms with Crippen LogP contribution in [0.25, 0.3) is 0 Å². The van der Waals surface area contributed by atoms with Crippen LogP contribution in [-0.4, -0.2) is 44.6 Å². The lowest BCUT2D eigenvalue weighted by molar-refractivity contribution is 0.348. The van der Waals surface area contributed by atoms with E-state index in [-0.39, 0.29) is 6.71 Å². The van der Waals surface area contributed by atoms with E-state index in [0.29, 0.717) is 13.2 Å². The summed E-state index contributed by atoms with van der Waals surface area (Å²) in [6.07, 6.45) is 0. The van der Waals surface area contributed by atoms with Crippen molar-refractivity contribution in [3.05, 3.63) is 30.3 Å². The first-order chi connectivity index (χ1) is 8.45. The summed E-state index contributed by atoms with van der Waals surface area (Å²) >= 11 is 0. The maximum Gasteiger partial charge on any atom is 0.379 e. The van der Waals surface area contributed by atoms with Gasteiger partial charge in [0.15, 0.2) is 11.6 Å². The first-order valence-electron chi connectivity index (χ1n) is 5.84. The Morgan fingerprint density at radius 2 is 1.47 bits per heavy atom. The zero-order valence-electron chi connectivity index (χ0n) is 9.50. The van der Waals surface area contributed by atoms with E-state index in [1.807, 2.05) is 18.2 Å². The van der Waals surface area contributed by atoms with Crippen LogP contribution in [0, 0.1) is 0 Å². The SMILES string of the molecule is c1ccc(B(C2=NCCO2)C2=NCCO2)cc1. The Balaban J connectivity index is 1.96. The molecular weight excluding hydrogens is 215 g/mol. The Labute approximate surface area is 100 Å². The van der Waals surface area contributed by atoms with Gasteiger partial charge in [-0.25, -0.2) is 0 Å². The van der Waals surface area contributed by atoms with Crippen LogP contribution in [0.5, 0.6) is 0 Å². The Morgan fingerprint density at radius 1 is 0.882 bits per heavy atom. The monoisotopic (exact) mass is 228 g/mol. The van der Waals surface area contributed by atoms with E-state index in [2.05, 4.69) is 22.1 Å². The summed E-state index contributed by atoms with van der Waals surface area (Å²) < 4.78 is 11.1. The van der Waals surface area contributed by atoms with E-state index in [1.165, 1.54) is 0 Å². The number of aliphatic imine (C=N–C) groups is 2. The molecule has 0 unspecified atom stereocenters. The van der Waals surface area contributed by atoms with Crippen LogP contribution in [0.15, 0.2) is 40.3 Å². The summed E-state index contributed by atoms with van der Waals surface area (Å²) in [6, 6.07) is 10.1. The van der Waals surface area contributed by atoms with E-state index in [9.17, 15) is 0 Å². The highest BCUT2D eigenvalue weighted by molar-refractivity contribution is 7.18. The van der Waals surface area contributed by atoms with Crippen LogP contribution >= 0.6 is 0 Å². The van der Waals surface area contributed by atoms with E-state index in [0.717, 1.165) is 30.1 Å². The van der Waals surface area contributed by atoms with Gasteiger partial charge in [-0.2, -0.15) is 0 Å². The third-order valence-electron chi connectivity index (χ3n) is 2.84. The number of nitrogens with zero attached hydrogens (tertiary/aromatic N) is 2. The number of hydrogen-bond acceptors (Lipinski definition) is 4. The van der Waals surface area contributed by atoms with Crippen molar-refractivity contribution in [2.45, 2.75) is 0 Å². The number of benzene rings is 1. The Kier molecular flexibility index (Phi) is 2.82. The van der Waals surface area contributed by atoms with Crippen molar-refractivity contribution >= 4 is 23.8 Å². The van der Waals surface area contributed by atoms with Gasteiger partial charge in [0.2, 0.25) is 0 Å². The molecule has 0 aliphatic carbocycles. The first kappa shape index (κ1) is 10.4. The molecule has 1 aromatic carbocycles. The van der Waals surface area contributed by atoms with Gasteiger partial charge in [0, 0.05) is 0 Å². The van der Waals surface area contributed by atoms with Gasteiger partial charge in [-0.05, 0) is 0 Å². The minimum absolute atomic E-state index is 0.0683. The van der Waals surface area contributed by atoms with Gasteiger partial charge in [0.25, 0.3) is 0 Å². The molecule has 2 aliphatic heterocycles. The van der Waals surface area contributed by atoms with Gasteiger partial charge in [0.1, 0.15) is 13.2 Å². The van der Waals surface area contributed by atoms with Gasteiger partial charge in [-0.15, -0.1) is 0 Å². The molecule has 2 aliphatic rings. The standard InChI is InChI=1S/C12H13BN2O2/c1-2-4-10(5-3-1)13(11-14-6-8-16-11)12-15-7-9-17-12/h1-5H,6-9H2. The van der Waals surface area contributed by atoms with Crippen molar-refractivity contribution in [3.8, 4) is 0 Å². The lowest BCUT2D eigenvalue weighted by Gasteiger charge is -2.13. The quantitative estimate of drug-likeness (QED) is 0.699. The molecule has 0 radical (unpaired) electrons. The fourth-order valence-corrected chi connectivity index (χ4v) is 2.09. The lowest BCUT2D eigenvalue weighted by Crippen LogP contribution is -2.47. The number of hydrogen-bond donors (Lipinski definition) is 0. The van der Waals surface area contributed by atoms with Crippen LogP contribution in [0.1, 0.15) is 0 Å². The second-order valence-corrected chi connectivity index (χ2v) is 3.98. The van der Waals surface area contributed by atoms with Gasteiger partial charge in [-0.3, -0.25) is 9.98 Å². The third kappa shape index (κ3) is 2.05. The normalized spacial score (nSPS) is 18.1. The number of rotatable bonds is 3. The van der Waals surface area contributed by atoms with Crippen molar-refractivity contribution < 1.29 is 9.47 Å². The Morgan fingerprint density at radius 3 is 1.94 bits per heavy atom. The van der Waals surface area contributed by atoms with Crippen LogP contribution < -0.4 is 5.46 Å². The molecule has 0 spiro atoms. The maximum atomic E-state index is 5.57. The average molecular weight is 228 g/mol. The first-order valence-corrected chi connectivity index (χ1v) is 5.84. The van der Waals surface area contributed by atoms with E-state index >= 15 is 0 Å². The summed E-state index contributed by atoms with van der Waals surface area (Å²) in [7, 11) is 0. The minimum atomic E-state index is -0.0683. The molecule has 5 heteroatoms. The summed E-state index contributed by atoms with van der Waals surface area (Å²) in [5, 5.41) is 0. The molecule has 0 saturated carbocycles. The molecule has 0 bridgehead atoms. The van der Waals surface area contributed by atoms with Gasteiger partial charge >= 0.3 is 6.71 Å². The van der Waals surface area contributed by atoms with Crippen molar-refractivity contribution in [3.63, 3.8) is 0 Å². The molecule has 1 aromatic rings. The fourth-order valence-electron chi connectivity index (χ4n) is 2.09. The summed E-state index contributed by atoms with van der Waals surface area (Å²) in [5.41, 5.74) is 1.12. The van der Waals surface area contributed by atoms with Crippen molar-refractivity contribution in [2.75, 3.05) is 26.3 Å². The summed E-state index contributed by atoms with van der Waals surface area (Å²) in [5.74, 6) is 1.47. The highest BCUT2D eigenvalue weighted by atomic mass is 16.5. The zero-order chi connectivity index (χ0) is 11.5. The molecule has 3 rings (SSSR count). The smallest absolute Gasteiger partial charge is 0.379 e. The molecule has 86 valence electrons. The molecule has 0 aromatic heterocycles. The van der Waals surface area contributed by atoms with E-state index in [4.69, 9.17) is 9.47 Å². The minimum Gasteiger partial charge on any atom is -0.487 e. The molecule has 0 amide bonds. The Bertz CT molecular complexity index is 435. The molecular formula is C12H13BN2O2. The predicted molar refractivity (Wildman–Crippen MR) is 68.3 cm³/mol. The summed E-state index contributed by atoms with van der Waals surface area (Å²) in [4.78, 5) is 8.78. The topological polar surface area (TPSA) is 43.2 Å². The second kappa shape index (κ2) is 4.61. The molecule has 0 atom stereocenters. The molecule has 17 heavy (non-hydrogen) atoms. The molecule has 4 nitrogen and oxygen atoms in total. The molecule has 0 saturated heterocycles. The maximum absolute atomic E-state index is 5.57. The van der Waals surface area contributed by atoms with Crippen LogP contribution in [-0.2, 0) is 9.47 Å². The second-order valence-electron chi connectivity index (χ2n) is 3.98. The summed E-state index contributed by atoms with van der Waals surface area (Å²) in [6.45, 7) is 2.71. The Hall–Kier alpha value is -1.78. The van der Waals surface area contributed by atoms with Gasteiger partial charge < -0.3 is 9.47 Å². The predicted octanol–water partition coefficient (Wildman–Crippen LogP) is 0.324. The van der Waals surface area contributed by atoms with E-state index in [1.54, 1.807) is 0 Å². The molecule has 0 N–H and O–H groups in total. The average Bonchev–Trinajstić information content (AvgIpc) is 3.04. The van der Waals surface area contributed by atoms with Crippen LogP contribution in [0.4, 0.5) is 0 Å². The van der Waals surface area contributed by atoms with Crippen molar-refractivity contribution in [1.29, 1.82) is 0 Å². The number of ether oxygens (including phenoxy) is 2. The van der Waals surface area contributed by atoms with Crippen molar-refractivity contribution in [2.24, 2.45) is 9.98 Å².